The molecule has 2 amide bonds. The highest BCUT2D eigenvalue weighted by Gasteiger charge is 2.31. The molecule has 1 aliphatic rings. The average molecular weight is 487 g/mol. The third-order valence-corrected chi connectivity index (χ3v) is 7.39. The molecule has 2 N–H and O–H groups in total. The van der Waals surface area contributed by atoms with Crippen molar-refractivity contribution in [3.63, 3.8) is 0 Å². The summed E-state index contributed by atoms with van der Waals surface area (Å²) >= 11 is 0. The second-order valence-corrected chi connectivity index (χ2v) is 10.1. The third-order valence-electron chi connectivity index (χ3n) is 7.39. The Kier molecular flexibility index (Phi) is 12.9. The summed E-state index contributed by atoms with van der Waals surface area (Å²) in [6, 6.07) is 6.04. The van der Waals surface area contributed by atoms with E-state index in [1.54, 1.807) is 31.2 Å². The topological polar surface area (TPSA) is 84.5 Å². The summed E-state index contributed by atoms with van der Waals surface area (Å²) in [6.45, 7) is 8.33. The number of amides is 2. The van der Waals surface area contributed by atoms with Gasteiger partial charge in [0.15, 0.2) is 0 Å². The Morgan fingerprint density at radius 2 is 1.60 bits per heavy atom. The molecular weight excluding hydrogens is 440 g/mol. The second-order valence-electron chi connectivity index (χ2n) is 10.1. The first-order valence-corrected chi connectivity index (χ1v) is 13.8. The fourth-order valence-electron chi connectivity index (χ4n) is 4.85. The van der Waals surface area contributed by atoms with Crippen molar-refractivity contribution < 1.29 is 19.1 Å². The van der Waals surface area contributed by atoms with Gasteiger partial charge in [0.2, 0.25) is 11.8 Å². The van der Waals surface area contributed by atoms with E-state index in [4.69, 9.17) is 4.74 Å². The Labute approximate surface area is 212 Å². The summed E-state index contributed by atoms with van der Waals surface area (Å²) < 4.78 is 5.00. The van der Waals surface area contributed by atoms with Gasteiger partial charge < -0.3 is 15.4 Å². The number of nitrogens with one attached hydrogen (secondary N) is 2. The van der Waals surface area contributed by atoms with Gasteiger partial charge in [0.25, 0.3) is 0 Å². The van der Waals surface area contributed by atoms with E-state index in [1.165, 1.54) is 38.5 Å². The Hall–Kier alpha value is -2.37. The number of ether oxygens (including phenoxy) is 1. The number of hydrogen-bond acceptors (Lipinski definition) is 4. The van der Waals surface area contributed by atoms with Gasteiger partial charge >= 0.3 is 5.97 Å². The molecule has 2 rings (SSSR count). The van der Waals surface area contributed by atoms with Crippen LogP contribution in [0, 0.1) is 17.8 Å². The minimum absolute atomic E-state index is 0.00417. The SMILES string of the molecule is CCCCCCCC1CCC(C(=O)N[C@@H](C(=O)Nc2ccc(C(=O)OCC)cc2)[C@H](C)CC)CC1. The van der Waals surface area contributed by atoms with Crippen LogP contribution in [-0.4, -0.2) is 30.4 Å². The molecule has 0 spiro atoms. The van der Waals surface area contributed by atoms with E-state index in [1.807, 2.05) is 13.8 Å². The van der Waals surface area contributed by atoms with Gasteiger partial charge in [-0.1, -0.05) is 65.7 Å². The third kappa shape index (κ3) is 9.65. The molecule has 1 aromatic carbocycles. The van der Waals surface area contributed by atoms with Gasteiger partial charge in [-0.3, -0.25) is 9.59 Å². The van der Waals surface area contributed by atoms with Crippen LogP contribution in [0.1, 0.15) is 109 Å². The summed E-state index contributed by atoms with van der Waals surface area (Å²) in [5.41, 5.74) is 1.03. The molecule has 196 valence electrons. The molecule has 1 aliphatic carbocycles. The first-order valence-electron chi connectivity index (χ1n) is 13.8. The number of unbranched alkanes of at least 4 members (excludes halogenated alkanes) is 4. The molecule has 0 heterocycles. The van der Waals surface area contributed by atoms with Crippen LogP contribution < -0.4 is 10.6 Å². The first-order chi connectivity index (χ1) is 16.9. The minimum atomic E-state index is -0.589. The molecule has 1 fully saturated rings. The largest absolute Gasteiger partial charge is 0.462 e. The quantitative estimate of drug-likeness (QED) is 0.232. The van der Waals surface area contributed by atoms with E-state index in [0.29, 0.717) is 17.9 Å². The van der Waals surface area contributed by atoms with Gasteiger partial charge in [0.05, 0.1) is 12.2 Å². The fraction of sp³-hybridized carbons (Fsp3) is 0.690. The highest BCUT2D eigenvalue weighted by molar-refractivity contribution is 5.98. The van der Waals surface area contributed by atoms with Crippen LogP contribution in [-0.2, 0) is 14.3 Å². The number of esters is 1. The van der Waals surface area contributed by atoms with Crippen LogP contribution in [0.4, 0.5) is 5.69 Å². The fourth-order valence-corrected chi connectivity index (χ4v) is 4.85. The Morgan fingerprint density at radius 3 is 2.20 bits per heavy atom. The van der Waals surface area contributed by atoms with Crippen molar-refractivity contribution in [1.82, 2.24) is 5.32 Å². The van der Waals surface area contributed by atoms with E-state index in [0.717, 1.165) is 38.0 Å². The first kappa shape index (κ1) is 28.9. The van der Waals surface area contributed by atoms with Crippen molar-refractivity contribution in [3.05, 3.63) is 29.8 Å². The summed E-state index contributed by atoms with van der Waals surface area (Å²) in [5.74, 6) is 0.141. The maximum absolute atomic E-state index is 13.1. The summed E-state index contributed by atoms with van der Waals surface area (Å²) in [7, 11) is 0. The standard InChI is InChI=1S/C29H46N2O4/c1-5-8-9-10-11-12-22-13-15-23(16-14-22)27(32)31-26(21(4)6-2)28(33)30-25-19-17-24(18-20-25)29(34)35-7-3/h17-23,26H,5-16H2,1-4H3,(H,30,33)(H,31,32)/t21-,22?,23?,26-/m1/s1. The molecule has 6 heteroatoms. The number of rotatable bonds is 14. The van der Waals surface area contributed by atoms with Gasteiger partial charge in [-0.2, -0.15) is 0 Å². The van der Waals surface area contributed by atoms with Crippen molar-refractivity contribution in [1.29, 1.82) is 0 Å². The van der Waals surface area contributed by atoms with E-state index in [2.05, 4.69) is 17.6 Å². The predicted octanol–water partition coefficient (Wildman–Crippen LogP) is 6.50. The second kappa shape index (κ2) is 15.6. The van der Waals surface area contributed by atoms with Gasteiger partial charge in [-0.25, -0.2) is 4.79 Å². The average Bonchev–Trinajstić information content (AvgIpc) is 2.87. The normalized spacial score (nSPS) is 19.4. The zero-order chi connectivity index (χ0) is 25.6. The maximum atomic E-state index is 13.1. The summed E-state index contributed by atoms with van der Waals surface area (Å²) in [6.07, 6.45) is 12.7. The van der Waals surface area contributed by atoms with Crippen molar-refractivity contribution in [3.8, 4) is 0 Å². The van der Waals surface area contributed by atoms with Gasteiger partial charge in [-0.05, 0) is 68.7 Å². The lowest BCUT2D eigenvalue weighted by Crippen LogP contribution is -2.49. The van der Waals surface area contributed by atoms with E-state index in [9.17, 15) is 14.4 Å². The number of hydrogen-bond donors (Lipinski definition) is 2. The highest BCUT2D eigenvalue weighted by atomic mass is 16.5. The molecule has 0 unspecified atom stereocenters. The number of benzene rings is 1. The molecule has 6 nitrogen and oxygen atoms in total. The molecule has 0 saturated heterocycles. The van der Waals surface area contributed by atoms with Crippen LogP contribution in [0.15, 0.2) is 24.3 Å². The molecule has 1 aromatic rings. The maximum Gasteiger partial charge on any atom is 0.338 e. The van der Waals surface area contributed by atoms with Crippen LogP contribution in [0.3, 0.4) is 0 Å². The van der Waals surface area contributed by atoms with Crippen LogP contribution in [0.5, 0.6) is 0 Å². The monoisotopic (exact) mass is 486 g/mol. The predicted molar refractivity (Wildman–Crippen MR) is 141 cm³/mol. The van der Waals surface area contributed by atoms with E-state index in [-0.39, 0.29) is 29.6 Å². The smallest absolute Gasteiger partial charge is 0.338 e. The zero-order valence-electron chi connectivity index (χ0n) is 22.2. The summed E-state index contributed by atoms with van der Waals surface area (Å²) in [5, 5.41) is 5.96. The van der Waals surface area contributed by atoms with Crippen molar-refractivity contribution in [2.24, 2.45) is 17.8 Å². The van der Waals surface area contributed by atoms with Crippen LogP contribution in [0.2, 0.25) is 0 Å². The van der Waals surface area contributed by atoms with Crippen molar-refractivity contribution in [2.75, 3.05) is 11.9 Å². The minimum Gasteiger partial charge on any atom is -0.462 e. The Balaban J connectivity index is 1.86. The van der Waals surface area contributed by atoms with Crippen LogP contribution in [0.25, 0.3) is 0 Å². The molecule has 0 radical (unpaired) electrons. The molecular formula is C29H46N2O4. The van der Waals surface area contributed by atoms with Crippen molar-refractivity contribution in [2.45, 2.75) is 104 Å². The molecule has 35 heavy (non-hydrogen) atoms. The zero-order valence-corrected chi connectivity index (χ0v) is 22.2. The van der Waals surface area contributed by atoms with Gasteiger partial charge in [0, 0.05) is 11.6 Å². The van der Waals surface area contributed by atoms with E-state index >= 15 is 0 Å². The molecule has 1 saturated carbocycles. The molecule has 0 bridgehead atoms. The number of carbonyl (C=O) groups excluding carboxylic acids is 3. The lowest BCUT2D eigenvalue weighted by molar-refractivity contribution is -0.131. The lowest BCUT2D eigenvalue weighted by atomic mass is 9.79. The van der Waals surface area contributed by atoms with Crippen LogP contribution >= 0.6 is 0 Å². The van der Waals surface area contributed by atoms with E-state index < -0.39 is 6.04 Å². The molecule has 0 aromatic heterocycles. The molecule has 2 atom stereocenters. The lowest BCUT2D eigenvalue weighted by Gasteiger charge is -2.30. The van der Waals surface area contributed by atoms with Gasteiger partial charge in [0.1, 0.15) is 6.04 Å². The highest BCUT2D eigenvalue weighted by Crippen LogP contribution is 2.32. The van der Waals surface area contributed by atoms with Gasteiger partial charge in [-0.15, -0.1) is 0 Å². The number of anilines is 1. The summed E-state index contributed by atoms with van der Waals surface area (Å²) in [4.78, 5) is 38.0. The Morgan fingerprint density at radius 1 is 0.943 bits per heavy atom. The number of carbonyl (C=O) groups is 3. The van der Waals surface area contributed by atoms with Crippen molar-refractivity contribution >= 4 is 23.5 Å². The molecule has 0 aliphatic heterocycles. The Bertz CT molecular complexity index is 784.